The monoisotopic (exact) mass is 276 g/mol. The number of nitrogens with one attached hydrogen (secondary N) is 1. The Bertz CT molecular complexity index is 461. The van der Waals surface area contributed by atoms with Crippen molar-refractivity contribution in [2.45, 2.75) is 12.8 Å². The van der Waals surface area contributed by atoms with Gasteiger partial charge in [0.15, 0.2) is 0 Å². The summed E-state index contributed by atoms with van der Waals surface area (Å²) in [7, 11) is 1.50. The maximum Gasteiger partial charge on any atom is 0.248 e. The quantitative estimate of drug-likeness (QED) is 0.907. The Labute approximate surface area is 118 Å². The first kappa shape index (κ1) is 14.5. The summed E-state index contributed by atoms with van der Waals surface area (Å²) in [6.45, 7) is 1.26. The number of rotatable bonds is 4. The average Bonchev–Trinajstić information content (AvgIpc) is 2.48. The molecular weight excluding hydrogens is 256 g/mol. The van der Waals surface area contributed by atoms with Crippen molar-refractivity contribution in [3.05, 3.63) is 30.3 Å². The highest BCUT2D eigenvalue weighted by Gasteiger charge is 2.28. The van der Waals surface area contributed by atoms with E-state index in [9.17, 15) is 9.59 Å². The Morgan fingerprint density at radius 1 is 1.35 bits per heavy atom. The molecule has 0 aromatic heterocycles. The van der Waals surface area contributed by atoms with Gasteiger partial charge in [-0.05, 0) is 25.0 Å². The third-order valence-electron chi connectivity index (χ3n) is 3.45. The van der Waals surface area contributed by atoms with Crippen molar-refractivity contribution >= 4 is 17.5 Å². The number of likely N-dealkylation sites (tertiary alicyclic amines) is 1. The highest BCUT2D eigenvalue weighted by Crippen LogP contribution is 2.19. The molecule has 1 fully saturated rings. The molecular formula is C15H20N2O3. The zero-order valence-electron chi connectivity index (χ0n) is 11.7. The molecule has 1 N–H and O–H groups in total. The van der Waals surface area contributed by atoms with Crippen molar-refractivity contribution in [1.29, 1.82) is 0 Å². The second kappa shape index (κ2) is 7.05. The van der Waals surface area contributed by atoms with Gasteiger partial charge in [-0.1, -0.05) is 18.2 Å². The summed E-state index contributed by atoms with van der Waals surface area (Å²) >= 11 is 0. The zero-order valence-corrected chi connectivity index (χ0v) is 11.7. The summed E-state index contributed by atoms with van der Waals surface area (Å²) in [5.74, 6) is -0.222. The van der Waals surface area contributed by atoms with Crippen LogP contribution in [0.3, 0.4) is 0 Å². The standard InChI is InChI=1S/C15H20N2O3/c1-20-11-14(18)17-9-5-6-12(10-17)15(19)16-13-7-3-2-4-8-13/h2-4,7-8,12H,5-6,9-11H2,1H3,(H,16,19)/t12-/m0/s1. The highest BCUT2D eigenvalue weighted by atomic mass is 16.5. The molecule has 0 aliphatic carbocycles. The number of methoxy groups -OCH3 is 1. The van der Waals surface area contributed by atoms with E-state index in [1.165, 1.54) is 7.11 Å². The van der Waals surface area contributed by atoms with Crippen molar-refractivity contribution in [2.24, 2.45) is 5.92 Å². The van der Waals surface area contributed by atoms with Crippen LogP contribution in [-0.4, -0.2) is 43.5 Å². The van der Waals surface area contributed by atoms with Crippen molar-refractivity contribution in [1.82, 2.24) is 4.90 Å². The van der Waals surface area contributed by atoms with Gasteiger partial charge in [-0.2, -0.15) is 0 Å². The molecule has 0 bridgehead atoms. The number of piperidine rings is 1. The summed E-state index contributed by atoms with van der Waals surface area (Å²) in [4.78, 5) is 25.7. The van der Waals surface area contributed by atoms with Crippen LogP contribution in [0.5, 0.6) is 0 Å². The molecule has 20 heavy (non-hydrogen) atoms. The maximum atomic E-state index is 12.2. The molecule has 0 saturated carbocycles. The molecule has 1 aliphatic rings. The smallest absolute Gasteiger partial charge is 0.248 e. The molecule has 1 aromatic rings. The first-order chi connectivity index (χ1) is 9.70. The Kier molecular flexibility index (Phi) is 5.12. The fraction of sp³-hybridized carbons (Fsp3) is 0.467. The minimum Gasteiger partial charge on any atom is -0.375 e. The second-order valence-corrected chi connectivity index (χ2v) is 4.97. The predicted octanol–water partition coefficient (Wildman–Crippen LogP) is 1.51. The lowest BCUT2D eigenvalue weighted by molar-refractivity contribution is -0.138. The first-order valence-corrected chi connectivity index (χ1v) is 6.83. The molecule has 1 heterocycles. The molecule has 1 saturated heterocycles. The average molecular weight is 276 g/mol. The van der Waals surface area contributed by atoms with Gasteiger partial charge in [-0.3, -0.25) is 9.59 Å². The molecule has 1 aliphatic heterocycles. The van der Waals surface area contributed by atoms with Crippen molar-refractivity contribution in [3.63, 3.8) is 0 Å². The van der Waals surface area contributed by atoms with E-state index < -0.39 is 0 Å². The van der Waals surface area contributed by atoms with Crippen molar-refractivity contribution < 1.29 is 14.3 Å². The number of anilines is 1. The van der Waals surface area contributed by atoms with Gasteiger partial charge in [0.05, 0.1) is 5.92 Å². The largest absolute Gasteiger partial charge is 0.375 e. The number of carbonyl (C=O) groups excluding carboxylic acids is 2. The van der Waals surface area contributed by atoms with Crippen LogP contribution >= 0.6 is 0 Å². The van der Waals surface area contributed by atoms with Crippen LogP contribution in [0.4, 0.5) is 5.69 Å². The number of ether oxygens (including phenoxy) is 1. The van der Waals surface area contributed by atoms with E-state index in [1.807, 2.05) is 30.3 Å². The van der Waals surface area contributed by atoms with Crippen molar-refractivity contribution in [3.8, 4) is 0 Å². The fourth-order valence-electron chi connectivity index (χ4n) is 2.40. The molecule has 2 rings (SSSR count). The number of nitrogens with zero attached hydrogens (tertiary/aromatic N) is 1. The molecule has 1 atom stereocenters. The zero-order chi connectivity index (χ0) is 14.4. The van der Waals surface area contributed by atoms with Crippen LogP contribution in [0.1, 0.15) is 12.8 Å². The van der Waals surface area contributed by atoms with Gasteiger partial charge in [0.25, 0.3) is 0 Å². The summed E-state index contributed by atoms with van der Waals surface area (Å²) in [6.07, 6.45) is 1.66. The molecule has 0 radical (unpaired) electrons. The number of amides is 2. The third-order valence-corrected chi connectivity index (χ3v) is 3.45. The molecule has 5 nitrogen and oxygen atoms in total. The Morgan fingerprint density at radius 3 is 2.80 bits per heavy atom. The number of carbonyl (C=O) groups is 2. The molecule has 108 valence electrons. The van der Waals surface area contributed by atoms with Crippen LogP contribution in [-0.2, 0) is 14.3 Å². The van der Waals surface area contributed by atoms with E-state index in [1.54, 1.807) is 4.90 Å². The first-order valence-electron chi connectivity index (χ1n) is 6.83. The Morgan fingerprint density at radius 2 is 2.10 bits per heavy atom. The number of para-hydroxylation sites is 1. The van der Waals surface area contributed by atoms with Gasteiger partial charge in [0.2, 0.25) is 11.8 Å². The lowest BCUT2D eigenvalue weighted by Gasteiger charge is -2.31. The van der Waals surface area contributed by atoms with Crippen LogP contribution in [0.15, 0.2) is 30.3 Å². The van der Waals surface area contributed by atoms with Crippen LogP contribution < -0.4 is 5.32 Å². The van der Waals surface area contributed by atoms with E-state index >= 15 is 0 Å². The van der Waals surface area contributed by atoms with E-state index in [4.69, 9.17) is 4.74 Å². The lowest BCUT2D eigenvalue weighted by atomic mass is 9.97. The Balaban J connectivity index is 1.91. The predicted molar refractivity (Wildman–Crippen MR) is 76.3 cm³/mol. The SMILES string of the molecule is COCC(=O)N1CCC[C@H](C(=O)Nc2ccccc2)C1. The molecule has 0 unspecified atom stereocenters. The summed E-state index contributed by atoms with van der Waals surface area (Å²) in [6, 6.07) is 9.38. The third kappa shape index (κ3) is 3.81. The Hall–Kier alpha value is -1.88. The van der Waals surface area contributed by atoms with Crippen LogP contribution in [0.2, 0.25) is 0 Å². The minimum atomic E-state index is -0.148. The topological polar surface area (TPSA) is 58.6 Å². The molecule has 1 aromatic carbocycles. The van der Waals surface area contributed by atoms with E-state index in [0.717, 1.165) is 18.5 Å². The van der Waals surface area contributed by atoms with Gasteiger partial charge in [0, 0.05) is 25.9 Å². The summed E-state index contributed by atoms with van der Waals surface area (Å²) in [5, 5.41) is 2.89. The summed E-state index contributed by atoms with van der Waals surface area (Å²) < 4.78 is 4.86. The lowest BCUT2D eigenvalue weighted by Crippen LogP contribution is -2.45. The molecule has 2 amide bonds. The summed E-state index contributed by atoms with van der Waals surface area (Å²) in [5.41, 5.74) is 0.790. The maximum absolute atomic E-state index is 12.2. The minimum absolute atomic E-state index is 0.0221. The number of hydrogen-bond acceptors (Lipinski definition) is 3. The fourth-order valence-corrected chi connectivity index (χ4v) is 2.40. The van der Waals surface area contributed by atoms with E-state index in [2.05, 4.69) is 5.32 Å². The van der Waals surface area contributed by atoms with Gasteiger partial charge in [0.1, 0.15) is 6.61 Å². The van der Waals surface area contributed by atoms with Gasteiger partial charge in [-0.25, -0.2) is 0 Å². The number of benzene rings is 1. The van der Waals surface area contributed by atoms with Crippen LogP contribution in [0.25, 0.3) is 0 Å². The van der Waals surface area contributed by atoms with Crippen LogP contribution in [0, 0.1) is 5.92 Å². The molecule has 5 heteroatoms. The van der Waals surface area contributed by atoms with Gasteiger partial charge in [-0.15, -0.1) is 0 Å². The van der Waals surface area contributed by atoms with Crippen molar-refractivity contribution in [2.75, 3.05) is 32.1 Å². The van der Waals surface area contributed by atoms with E-state index in [-0.39, 0.29) is 24.3 Å². The number of hydrogen-bond donors (Lipinski definition) is 1. The molecule has 0 spiro atoms. The normalized spacial score (nSPS) is 18.6. The van der Waals surface area contributed by atoms with E-state index in [0.29, 0.717) is 13.1 Å². The van der Waals surface area contributed by atoms with Gasteiger partial charge < -0.3 is 15.0 Å². The highest BCUT2D eigenvalue weighted by molar-refractivity contribution is 5.93. The van der Waals surface area contributed by atoms with Gasteiger partial charge >= 0.3 is 0 Å². The second-order valence-electron chi connectivity index (χ2n) is 4.97.